The molecular weight excluding hydrogens is 198 g/mol. The zero-order valence-corrected chi connectivity index (χ0v) is 8.61. The van der Waals surface area contributed by atoms with Gasteiger partial charge < -0.3 is 10.1 Å². The van der Waals surface area contributed by atoms with Gasteiger partial charge in [-0.25, -0.2) is 9.89 Å². The molecular formula is C9H13N3O3. The zero-order valence-electron chi connectivity index (χ0n) is 8.61. The Morgan fingerprint density at radius 2 is 2.47 bits per heavy atom. The molecule has 6 nitrogen and oxygen atoms in total. The quantitative estimate of drug-likeness (QED) is 0.692. The Bertz CT molecular complexity index is 388. The van der Waals surface area contributed by atoms with Crippen molar-refractivity contribution >= 4 is 11.7 Å². The van der Waals surface area contributed by atoms with Gasteiger partial charge in [0.15, 0.2) is 0 Å². The number of esters is 1. The summed E-state index contributed by atoms with van der Waals surface area (Å²) in [4.78, 5) is 22.1. The van der Waals surface area contributed by atoms with Gasteiger partial charge in [0, 0.05) is 6.07 Å². The standard InChI is InChI=1S/C9H13N3O3/c1-3-15-9(14)6(2)11-7-4-8(13)12-10-5-7/h4-6H,3H2,1-2H3,(H2,11,12,13). The highest BCUT2D eigenvalue weighted by molar-refractivity contribution is 5.78. The van der Waals surface area contributed by atoms with Crippen LogP contribution in [0, 0.1) is 0 Å². The average molecular weight is 211 g/mol. The van der Waals surface area contributed by atoms with Crippen LogP contribution in [0.5, 0.6) is 0 Å². The highest BCUT2D eigenvalue weighted by Crippen LogP contribution is 2.02. The molecule has 1 aromatic rings. The van der Waals surface area contributed by atoms with Gasteiger partial charge in [0.05, 0.1) is 18.5 Å². The molecule has 0 spiro atoms. The van der Waals surface area contributed by atoms with E-state index in [9.17, 15) is 9.59 Å². The van der Waals surface area contributed by atoms with Gasteiger partial charge in [0.2, 0.25) is 0 Å². The lowest BCUT2D eigenvalue weighted by molar-refractivity contribution is -0.143. The summed E-state index contributed by atoms with van der Waals surface area (Å²) in [6.07, 6.45) is 1.43. The predicted molar refractivity (Wildman–Crippen MR) is 54.6 cm³/mol. The minimum absolute atomic E-state index is 0.323. The molecule has 0 fully saturated rings. The molecule has 2 N–H and O–H groups in total. The Morgan fingerprint density at radius 1 is 1.73 bits per heavy atom. The van der Waals surface area contributed by atoms with Crippen LogP contribution in [0.25, 0.3) is 0 Å². The molecule has 0 saturated heterocycles. The van der Waals surface area contributed by atoms with Crippen LogP contribution in [0.2, 0.25) is 0 Å². The summed E-state index contributed by atoms with van der Waals surface area (Å²) >= 11 is 0. The number of aromatic nitrogens is 2. The van der Waals surface area contributed by atoms with Crippen molar-refractivity contribution in [1.29, 1.82) is 0 Å². The van der Waals surface area contributed by atoms with Crippen molar-refractivity contribution in [3.8, 4) is 0 Å². The summed E-state index contributed by atoms with van der Waals surface area (Å²) < 4.78 is 4.80. The molecule has 0 saturated carbocycles. The number of carbonyl (C=O) groups is 1. The second kappa shape index (κ2) is 5.14. The van der Waals surface area contributed by atoms with E-state index < -0.39 is 6.04 Å². The lowest BCUT2D eigenvalue weighted by Crippen LogP contribution is -2.28. The Morgan fingerprint density at radius 3 is 3.07 bits per heavy atom. The summed E-state index contributed by atoms with van der Waals surface area (Å²) in [6.45, 7) is 3.72. The van der Waals surface area contributed by atoms with Gasteiger partial charge in [0.25, 0.3) is 5.56 Å². The minimum Gasteiger partial charge on any atom is -0.464 e. The van der Waals surface area contributed by atoms with Crippen molar-refractivity contribution in [2.75, 3.05) is 11.9 Å². The van der Waals surface area contributed by atoms with Crippen molar-refractivity contribution in [3.05, 3.63) is 22.6 Å². The molecule has 0 aromatic carbocycles. The van der Waals surface area contributed by atoms with Crippen LogP contribution in [-0.2, 0) is 9.53 Å². The zero-order chi connectivity index (χ0) is 11.3. The topological polar surface area (TPSA) is 84.1 Å². The fourth-order valence-electron chi connectivity index (χ4n) is 1.03. The third-order valence-corrected chi connectivity index (χ3v) is 1.69. The number of rotatable bonds is 4. The van der Waals surface area contributed by atoms with E-state index in [1.54, 1.807) is 13.8 Å². The van der Waals surface area contributed by atoms with E-state index in [0.717, 1.165) is 0 Å². The molecule has 82 valence electrons. The monoisotopic (exact) mass is 211 g/mol. The number of nitrogens with one attached hydrogen (secondary N) is 2. The lowest BCUT2D eigenvalue weighted by atomic mass is 10.3. The van der Waals surface area contributed by atoms with Crippen LogP contribution in [0.15, 0.2) is 17.1 Å². The number of nitrogens with zero attached hydrogens (tertiary/aromatic N) is 1. The number of anilines is 1. The predicted octanol–water partition coefficient (Wildman–Crippen LogP) is 0.133. The number of carbonyl (C=O) groups excluding carboxylic acids is 1. The lowest BCUT2D eigenvalue weighted by Gasteiger charge is -2.12. The molecule has 15 heavy (non-hydrogen) atoms. The average Bonchev–Trinajstić information content (AvgIpc) is 2.18. The second-order valence-corrected chi connectivity index (χ2v) is 2.95. The molecule has 0 aliphatic rings. The van der Waals surface area contributed by atoms with Gasteiger partial charge in [-0.05, 0) is 13.8 Å². The Kier molecular flexibility index (Phi) is 3.84. The number of H-pyrrole nitrogens is 1. The molecule has 1 atom stereocenters. The first-order chi connectivity index (χ1) is 7.13. The van der Waals surface area contributed by atoms with E-state index in [1.807, 2.05) is 0 Å². The van der Waals surface area contributed by atoms with E-state index >= 15 is 0 Å². The summed E-state index contributed by atoms with van der Waals surface area (Å²) in [5.41, 5.74) is 0.162. The smallest absolute Gasteiger partial charge is 0.328 e. The van der Waals surface area contributed by atoms with Crippen LogP contribution in [-0.4, -0.2) is 28.8 Å². The molecule has 0 aliphatic carbocycles. The van der Waals surface area contributed by atoms with Crippen molar-refractivity contribution in [3.63, 3.8) is 0 Å². The molecule has 1 rings (SSSR count). The van der Waals surface area contributed by atoms with Crippen molar-refractivity contribution in [2.24, 2.45) is 0 Å². The van der Waals surface area contributed by atoms with Crippen LogP contribution in [0.1, 0.15) is 13.8 Å². The van der Waals surface area contributed by atoms with Gasteiger partial charge in [-0.1, -0.05) is 0 Å². The molecule has 6 heteroatoms. The number of aromatic amines is 1. The van der Waals surface area contributed by atoms with Crippen molar-refractivity contribution in [2.45, 2.75) is 19.9 Å². The maximum absolute atomic E-state index is 11.2. The van der Waals surface area contributed by atoms with Crippen molar-refractivity contribution in [1.82, 2.24) is 10.2 Å². The van der Waals surface area contributed by atoms with E-state index in [1.165, 1.54) is 12.3 Å². The van der Waals surface area contributed by atoms with Crippen molar-refractivity contribution < 1.29 is 9.53 Å². The fourth-order valence-corrected chi connectivity index (χ4v) is 1.03. The summed E-state index contributed by atoms with van der Waals surface area (Å²) in [5.74, 6) is -0.363. The molecule has 0 radical (unpaired) electrons. The SMILES string of the molecule is CCOC(=O)C(C)Nc1cn[nH]c(=O)c1. The van der Waals surface area contributed by atoms with Crippen LogP contribution in [0.4, 0.5) is 5.69 Å². The van der Waals surface area contributed by atoms with E-state index in [2.05, 4.69) is 15.5 Å². The largest absolute Gasteiger partial charge is 0.464 e. The molecule has 0 amide bonds. The number of ether oxygens (including phenoxy) is 1. The third-order valence-electron chi connectivity index (χ3n) is 1.69. The highest BCUT2D eigenvalue weighted by Gasteiger charge is 2.13. The third kappa shape index (κ3) is 3.41. The summed E-state index contributed by atoms with van der Waals surface area (Å²) in [5, 5.41) is 8.64. The first-order valence-corrected chi connectivity index (χ1v) is 4.61. The molecule has 1 heterocycles. The van der Waals surface area contributed by atoms with Crippen LogP contribution < -0.4 is 10.9 Å². The maximum Gasteiger partial charge on any atom is 0.328 e. The van der Waals surface area contributed by atoms with E-state index in [0.29, 0.717) is 12.3 Å². The first kappa shape index (κ1) is 11.2. The van der Waals surface area contributed by atoms with Gasteiger partial charge in [0.1, 0.15) is 6.04 Å². The number of hydrogen-bond donors (Lipinski definition) is 2. The fraction of sp³-hybridized carbons (Fsp3) is 0.444. The minimum atomic E-state index is -0.506. The molecule has 0 bridgehead atoms. The molecule has 1 unspecified atom stereocenters. The summed E-state index contributed by atoms with van der Waals surface area (Å²) in [6, 6.07) is 0.816. The van der Waals surface area contributed by atoms with Crippen LogP contribution >= 0.6 is 0 Å². The highest BCUT2D eigenvalue weighted by atomic mass is 16.5. The summed E-state index contributed by atoms with van der Waals surface area (Å²) in [7, 11) is 0. The second-order valence-electron chi connectivity index (χ2n) is 2.95. The van der Waals surface area contributed by atoms with Gasteiger partial charge in [-0.15, -0.1) is 0 Å². The van der Waals surface area contributed by atoms with Gasteiger partial charge in [-0.2, -0.15) is 5.10 Å². The maximum atomic E-state index is 11.2. The van der Waals surface area contributed by atoms with Gasteiger partial charge in [-0.3, -0.25) is 4.79 Å². The van der Waals surface area contributed by atoms with Crippen LogP contribution in [0.3, 0.4) is 0 Å². The molecule has 1 aromatic heterocycles. The van der Waals surface area contributed by atoms with Gasteiger partial charge >= 0.3 is 5.97 Å². The number of hydrogen-bond acceptors (Lipinski definition) is 5. The Balaban J connectivity index is 2.62. The molecule has 0 aliphatic heterocycles. The normalized spacial score (nSPS) is 11.9. The van der Waals surface area contributed by atoms with E-state index in [4.69, 9.17) is 4.74 Å². The Labute approximate surface area is 86.7 Å². The first-order valence-electron chi connectivity index (χ1n) is 4.61. The Hall–Kier alpha value is -1.85. The van der Waals surface area contributed by atoms with E-state index in [-0.39, 0.29) is 11.5 Å².